The predicted octanol–water partition coefficient (Wildman–Crippen LogP) is 3.41. The Bertz CT molecular complexity index is 382. The lowest BCUT2D eigenvalue weighted by atomic mass is 9.94. The Morgan fingerprint density at radius 1 is 1.33 bits per heavy atom. The average Bonchev–Trinajstić information content (AvgIpc) is 2.35. The van der Waals surface area contributed by atoms with Gasteiger partial charge in [-0.1, -0.05) is 31.5 Å². The molecule has 4 heteroatoms. The first-order valence-corrected chi connectivity index (χ1v) is 6.59. The van der Waals surface area contributed by atoms with Gasteiger partial charge in [-0.25, -0.2) is 0 Å². The summed E-state index contributed by atoms with van der Waals surface area (Å²) in [6.07, 6.45) is -0.0131. The largest absolute Gasteiger partial charge is 0.495 e. The van der Waals surface area contributed by atoms with Gasteiger partial charge in [0.15, 0.2) is 0 Å². The number of halogens is 1. The van der Waals surface area contributed by atoms with Crippen LogP contribution in [-0.4, -0.2) is 19.8 Å². The Kier molecular flexibility index (Phi) is 5.93. The summed E-state index contributed by atoms with van der Waals surface area (Å²) < 4.78 is 10.9. The molecule has 0 radical (unpaired) electrons. The van der Waals surface area contributed by atoms with Gasteiger partial charge in [-0.2, -0.15) is 0 Å². The average molecular weight is 272 g/mol. The Morgan fingerprint density at radius 3 is 2.50 bits per heavy atom. The standard InChI is InChI=1S/C14H22ClNO2/c1-5-18-14(9(2)3)13(16)10-6-7-11(15)12(8-10)17-4/h6-9,13-14H,5,16H2,1-4H3. The van der Waals surface area contributed by atoms with Gasteiger partial charge in [0.1, 0.15) is 5.75 Å². The van der Waals surface area contributed by atoms with Crippen LogP contribution < -0.4 is 10.5 Å². The van der Waals surface area contributed by atoms with Crippen LogP contribution in [0.25, 0.3) is 0 Å². The molecule has 1 rings (SSSR count). The normalized spacial score (nSPS) is 14.6. The van der Waals surface area contributed by atoms with Gasteiger partial charge in [-0.05, 0) is 30.5 Å². The second-order valence-corrected chi connectivity index (χ2v) is 4.99. The maximum atomic E-state index is 6.28. The van der Waals surface area contributed by atoms with E-state index in [1.807, 2.05) is 19.1 Å². The van der Waals surface area contributed by atoms with Crippen LogP contribution in [-0.2, 0) is 4.74 Å². The summed E-state index contributed by atoms with van der Waals surface area (Å²) in [6.45, 7) is 6.84. The van der Waals surface area contributed by atoms with Gasteiger partial charge in [-0.15, -0.1) is 0 Å². The molecule has 2 unspecified atom stereocenters. The molecular weight excluding hydrogens is 250 g/mol. The fourth-order valence-electron chi connectivity index (χ4n) is 1.98. The molecule has 2 N–H and O–H groups in total. The van der Waals surface area contributed by atoms with Crippen LogP contribution in [0.15, 0.2) is 18.2 Å². The van der Waals surface area contributed by atoms with Crippen LogP contribution in [0.4, 0.5) is 0 Å². The fraction of sp³-hybridized carbons (Fsp3) is 0.571. The van der Waals surface area contributed by atoms with Crippen molar-refractivity contribution in [2.45, 2.75) is 32.9 Å². The van der Waals surface area contributed by atoms with Gasteiger partial charge in [0.25, 0.3) is 0 Å². The smallest absolute Gasteiger partial charge is 0.137 e. The molecule has 1 aromatic rings. The monoisotopic (exact) mass is 271 g/mol. The van der Waals surface area contributed by atoms with E-state index in [0.717, 1.165) is 5.56 Å². The Hall–Kier alpha value is -0.770. The van der Waals surface area contributed by atoms with E-state index >= 15 is 0 Å². The Balaban J connectivity index is 2.97. The third-order valence-electron chi connectivity index (χ3n) is 2.93. The summed E-state index contributed by atoms with van der Waals surface area (Å²) in [5.41, 5.74) is 7.25. The minimum atomic E-state index is -0.184. The van der Waals surface area contributed by atoms with Crippen molar-refractivity contribution >= 4 is 11.6 Å². The number of hydrogen-bond acceptors (Lipinski definition) is 3. The molecule has 0 heterocycles. The number of rotatable bonds is 6. The zero-order chi connectivity index (χ0) is 13.7. The zero-order valence-corrected chi connectivity index (χ0v) is 12.2. The van der Waals surface area contributed by atoms with Crippen LogP contribution in [0.2, 0.25) is 5.02 Å². The van der Waals surface area contributed by atoms with Gasteiger partial charge in [-0.3, -0.25) is 0 Å². The summed E-state index contributed by atoms with van der Waals surface area (Å²) in [4.78, 5) is 0. The number of hydrogen-bond donors (Lipinski definition) is 1. The molecule has 0 fully saturated rings. The quantitative estimate of drug-likeness (QED) is 0.862. The molecular formula is C14H22ClNO2. The highest BCUT2D eigenvalue weighted by Crippen LogP contribution is 2.30. The molecule has 0 aliphatic rings. The first-order chi connectivity index (χ1) is 8.51. The number of ether oxygens (including phenoxy) is 2. The maximum Gasteiger partial charge on any atom is 0.137 e. The Labute approximate surface area is 114 Å². The third kappa shape index (κ3) is 3.61. The lowest BCUT2D eigenvalue weighted by Gasteiger charge is -2.27. The SMILES string of the molecule is CCOC(C(C)C)C(N)c1ccc(Cl)c(OC)c1. The van der Waals surface area contributed by atoms with Crippen molar-refractivity contribution in [1.29, 1.82) is 0 Å². The van der Waals surface area contributed by atoms with E-state index in [1.54, 1.807) is 13.2 Å². The lowest BCUT2D eigenvalue weighted by molar-refractivity contribution is 0.0121. The molecule has 1 aromatic carbocycles. The highest BCUT2D eigenvalue weighted by atomic mass is 35.5. The molecule has 2 atom stereocenters. The first kappa shape index (κ1) is 15.3. The first-order valence-electron chi connectivity index (χ1n) is 6.21. The van der Waals surface area contributed by atoms with Crippen molar-refractivity contribution in [3.8, 4) is 5.75 Å². The van der Waals surface area contributed by atoms with E-state index < -0.39 is 0 Å². The molecule has 18 heavy (non-hydrogen) atoms. The summed E-state index contributed by atoms with van der Waals surface area (Å²) in [5.74, 6) is 0.991. The van der Waals surface area contributed by atoms with E-state index in [-0.39, 0.29) is 12.1 Å². The van der Waals surface area contributed by atoms with E-state index in [4.69, 9.17) is 26.8 Å². The van der Waals surface area contributed by atoms with E-state index in [2.05, 4.69) is 13.8 Å². The van der Waals surface area contributed by atoms with Crippen molar-refractivity contribution in [2.75, 3.05) is 13.7 Å². The van der Waals surface area contributed by atoms with Gasteiger partial charge in [0.05, 0.1) is 24.3 Å². The maximum absolute atomic E-state index is 6.28. The molecule has 0 saturated heterocycles. The van der Waals surface area contributed by atoms with Crippen LogP contribution in [0.3, 0.4) is 0 Å². The highest BCUT2D eigenvalue weighted by molar-refractivity contribution is 6.32. The molecule has 3 nitrogen and oxygen atoms in total. The highest BCUT2D eigenvalue weighted by Gasteiger charge is 2.23. The molecule has 0 saturated carbocycles. The van der Waals surface area contributed by atoms with Crippen molar-refractivity contribution in [2.24, 2.45) is 11.7 Å². The van der Waals surface area contributed by atoms with Gasteiger partial charge in [0.2, 0.25) is 0 Å². The molecule has 0 spiro atoms. The summed E-state index contributed by atoms with van der Waals surface area (Å²) >= 11 is 6.01. The minimum absolute atomic E-state index is 0.0131. The zero-order valence-electron chi connectivity index (χ0n) is 11.4. The lowest BCUT2D eigenvalue weighted by Crippen LogP contribution is -2.33. The predicted molar refractivity (Wildman–Crippen MR) is 75.2 cm³/mol. The number of methoxy groups -OCH3 is 1. The van der Waals surface area contributed by atoms with E-state index in [1.165, 1.54) is 0 Å². The molecule has 0 aliphatic heterocycles. The fourth-order valence-corrected chi connectivity index (χ4v) is 2.17. The number of benzene rings is 1. The summed E-state index contributed by atoms with van der Waals surface area (Å²) in [7, 11) is 1.60. The molecule has 0 amide bonds. The van der Waals surface area contributed by atoms with Crippen molar-refractivity contribution in [1.82, 2.24) is 0 Å². The van der Waals surface area contributed by atoms with E-state index in [9.17, 15) is 0 Å². The van der Waals surface area contributed by atoms with Crippen molar-refractivity contribution in [3.63, 3.8) is 0 Å². The topological polar surface area (TPSA) is 44.5 Å². The van der Waals surface area contributed by atoms with Gasteiger partial charge < -0.3 is 15.2 Å². The minimum Gasteiger partial charge on any atom is -0.495 e. The number of nitrogens with two attached hydrogens (primary N) is 1. The van der Waals surface area contributed by atoms with Crippen molar-refractivity contribution < 1.29 is 9.47 Å². The van der Waals surface area contributed by atoms with Crippen LogP contribution in [0.1, 0.15) is 32.4 Å². The van der Waals surface area contributed by atoms with Gasteiger partial charge in [0, 0.05) is 6.61 Å². The van der Waals surface area contributed by atoms with Gasteiger partial charge >= 0.3 is 0 Å². The Morgan fingerprint density at radius 2 is 2.00 bits per heavy atom. The summed E-state index contributed by atoms with van der Waals surface area (Å²) in [5, 5.41) is 0.589. The van der Waals surface area contributed by atoms with Crippen LogP contribution in [0.5, 0.6) is 5.75 Å². The van der Waals surface area contributed by atoms with Crippen molar-refractivity contribution in [3.05, 3.63) is 28.8 Å². The van der Waals surface area contributed by atoms with E-state index in [0.29, 0.717) is 23.3 Å². The second-order valence-electron chi connectivity index (χ2n) is 4.58. The second kappa shape index (κ2) is 6.98. The molecule has 0 bridgehead atoms. The van der Waals surface area contributed by atoms with Crippen LogP contribution >= 0.6 is 11.6 Å². The molecule has 0 aromatic heterocycles. The van der Waals surface area contributed by atoms with Crippen LogP contribution in [0, 0.1) is 5.92 Å². The molecule has 0 aliphatic carbocycles. The molecule has 102 valence electrons. The third-order valence-corrected chi connectivity index (χ3v) is 3.24. The summed E-state index contributed by atoms with van der Waals surface area (Å²) in [6, 6.07) is 5.42.